The van der Waals surface area contributed by atoms with Gasteiger partial charge in [-0.3, -0.25) is 9.59 Å². The van der Waals surface area contributed by atoms with Gasteiger partial charge in [0.2, 0.25) is 5.91 Å². The molecular formula is C64H119NO5. The van der Waals surface area contributed by atoms with Crippen LogP contribution in [0.3, 0.4) is 0 Å². The van der Waals surface area contributed by atoms with E-state index in [9.17, 15) is 19.8 Å². The number of amides is 1. The van der Waals surface area contributed by atoms with Crippen molar-refractivity contribution in [2.24, 2.45) is 0 Å². The van der Waals surface area contributed by atoms with Crippen LogP contribution in [0, 0.1) is 0 Å². The van der Waals surface area contributed by atoms with Crippen molar-refractivity contribution in [3.05, 3.63) is 48.6 Å². The van der Waals surface area contributed by atoms with E-state index >= 15 is 0 Å². The second-order valence-electron chi connectivity index (χ2n) is 21.1. The molecule has 0 aliphatic rings. The van der Waals surface area contributed by atoms with Gasteiger partial charge in [0, 0.05) is 12.8 Å². The number of esters is 1. The van der Waals surface area contributed by atoms with E-state index in [1.807, 2.05) is 6.08 Å². The predicted molar refractivity (Wildman–Crippen MR) is 306 cm³/mol. The SMILES string of the molecule is CCCCCCCCC/C=C\CCCCCCCC(=O)OCCCCC/C=C\C=C/CCCCCCCCCCCCC(=O)NC(CO)C(O)/C=C/CCCCCCCCCCCCCCCCCC. The van der Waals surface area contributed by atoms with Crippen LogP contribution in [0.1, 0.15) is 322 Å². The molecule has 6 heteroatoms. The van der Waals surface area contributed by atoms with Crippen molar-refractivity contribution in [1.82, 2.24) is 5.32 Å². The number of unbranched alkanes of at least 4 members (excludes halogenated alkanes) is 41. The van der Waals surface area contributed by atoms with Crippen LogP contribution >= 0.6 is 0 Å². The summed E-state index contributed by atoms with van der Waals surface area (Å²) < 4.78 is 5.46. The van der Waals surface area contributed by atoms with Gasteiger partial charge in [-0.2, -0.15) is 0 Å². The predicted octanol–water partition coefficient (Wildman–Crippen LogP) is 19.4. The third-order valence-corrected chi connectivity index (χ3v) is 14.1. The second-order valence-corrected chi connectivity index (χ2v) is 21.1. The first-order valence-corrected chi connectivity index (χ1v) is 30.9. The molecule has 0 aliphatic heterocycles. The molecule has 0 fully saturated rings. The Morgan fingerprint density at radius 1 is 0.400 bits per heavy atom. The highest BCUT2D eigenvalue weighted by Crippen LogP contribution is 2.16. The Hall–Kier alpha value is -2.18. The van der Waals surface area contributed by atoms with Gasteiger partial charge in [-0.05, 0) is 89.9 Å². The molecule has 3 N–H and O–H groups in total. The van der Waals surface area contributed by atoms with E-state index in [4.69, 9.17) is 4.74 Å². The quantitative estimate of drug-likeness (QED) is 0.0244. The van der Waals surface area contributed by atoms with Crippen molar-refractivity contribution in [2.45, 2.75) is 334 Å². The number of hydrogen-bond acceptors (Lipinski definition) is 5. The molecule has 0 saturated heterocycles. The highest BCUT2D eigenvalue weighted by molar-refractivity contribution is 5.76. The summed E-state index contributed by atoms with van der Waals surface area (Å²) in [6.45, 7) is 4.87. The summed E-state index contributed by atoms with van der Waals surface area (Å²) in [5, 5.41) is 23.2. The normalized spacial score (nSPS) is 12.9. The molecule has 410 valence electrons. The van der Waals surface area contributed by atoms with Crippen LogP contribution in [0.4, 0.5) is 0 Å². The zero-order valence-corrected chi connectivity index (χ0v) is 46.7. The monoisotopic (exact) mass is 982 g/mol. The Morgan fingerprint density at radius 3 is 1.10 bits per heavy atom. The molecule has 0 aromatic heterocycles. The summed E-state index contributed by atoms with van der Waals surface area (Å²) in [6, 6.07) is -0.637. The molecule has 0 aromatic carbocycles. The fraction of sp³-hybridized carbons (Fsp3) is 0.844. The maximum absolute atomic E-state index is 12.5. The molecule has 0 heterocycles. The fourth-order valence-electron chi connectivity index (χ4n) is 9.33. The molecule has 1 amide bonds. The van der Waals surface area contributed by atoms with Crippen molar-refractivity contribution in [1.29, 1.82) is 0 Å². The highest BCUT2D eigenvalue weighted by atomic mass is 16.5. The van der Waals surface area contributed by atoms with Crippen LogP contribution in [-0.2, 0) is 14.3 Å². The van der Waals surface area contributed by atoms with E-state index in [1.54, 1.807) is 6.08 Å². The molecule has 0 saturated carbocycles. The molecule has 2 unspecified atom stereocenters. The first kappa shape index (κ1) is 67.8. The zero-order chi connectivity index (χ0) is 50.7. The smallest absolute Gasteiger partial charge is 0.305 e. The van der Waals surface area contributed by atoms with Gasteiger partial charge in [-0.15, -0.1) is 0 Å². The number of nitrogens with one attached hydrogen (secondary N) is 1. The van der Waals surface area contributed by atoms with E-state index in [0.717, 1.165) is 77.0 Å². The van der Waals surface area contributed by atoms with Gasteiger partial charge in [0.05, 0.1) is 25.4 Å². The molecule has 6 nitrogen and oxygen atoms in total. The maximum Gasteiger partial charge on any atom is 0.305 e. The van der Waals surface area contributed by atoms with E-state index < -0.39 is 12.1 Å². The summed E-state index contributed by atoms with van der Waals surface area (Å²) in [4.78, 5) is 24.5. The number of carbonyl (C=O) groups is 2. The standard InChI is InChI=1S/C64H119NO5/c1-3-5-7-9-11-13-15-17-19-21-25-28-32-36-40-44-48-52-56-62(67)61(60-66)65-63(68)57-53-49-45-41-37-33-29-26-23-22-24-27-31-35-39-43-47-51-55-59-70-64(69)58-54-50-46-42-38-34-30-20-18-16-14-12-10-8-6-4-2/h20,27,30-31,35,39,52,56,61-62,66-67H,3-19,21-26,28-29,32-34,36-38,40-51,53-55,57-60H2,1-2H3,(H,65,68)/b30-20-,31-27-,39-35-,56-52+. The minimum absolute atomic E-state index is 0.0216. The van der Waals surface area contributed by atoms with Crippen LogP contribution in [0.25, 0.3) is 0 Å². The summed E-state index contributed by atoms with van der Waals surface area (Å²) in [5.74, 6) is -0.0984. The molecular weight excluding hydrogens is 863 g/mol. The molecule has 0 aromatic rings. The number of aliphatic hydroxyl groups is 2. The maximum atomic E-state index is 12.5. The molecule has 70 heavy (non-hydrogen) atoms. The number of ether oxygens (including phenoxy) is 1. The van der Waals surface area contributed by atoms with Gasteiger partial charge in [0.25, 0.3) is 0 Å². The van der Waals surface area contributed by atoms with Gasteiger partial charge >= 0.3 is 5.97 Å². The first-order chi connectivity index (χ1) is 34.5. The van der Waals surface area contributed by atoms with Crippen LogP contribution in [0.15, 0.2) is 48.6 Å². The van der Waals surface area contributed by atoms with E-state index in [0.29, 0.717) is 19.4 Å². The van der Waals surface area contributed by atoms with Gasteiger partial charge in [-0.25, -0.2) is 0 Å². The van der Waals surface area contributed by atoms with Crippen molar-refractivity contribution in [3.63, 3.8) is 0 Å². The molecule has 0 bridgehead atoms. The van der Waals surface area contributed by atoms with Crippen LogP contribution < -0.4 is 5.32 Å². The van der Waals surface area contributed by atoms with E-state index in [-0.39, 0.29) is 18.5 Å². The molecule has 0 aliphatic carbocycles. The Bertz CT molecular complexity index is 1180. The summed E-state index contributed by atoms with van der Waals surface area (Å²) in [6.07, 6.45) is 75.7. The number of carbonyl (C=O) groups excluding carboxylic acids is 2. The second kappa shape index (κ2) is 59.4. The topological polar surface area (TPSA) is 95.9 Å². The van der Waals surface area contributed by atoms with Crippen LogP contribution in [0.5, 0.6) is 0 Å². The fourth-order valence-corrected chi connectivity index (χ4v) is 9.33. The number of rotatable bonds is 57. The van der Waals surface area contributed by atoms with Crippen LogP contribution in [-0.4, -0.2) is 47.4 Å². The molecule has 2 atom stereocenters. The Morgan fingerprint density at radius 2 is 0.714 bits per heavy atom. The lowest BCUT2D eigenvalue weighted by Gasteiger charge is -2.20. The average Bonchev–Trinajstić information content (AvgIpc) is 3.36. The van der Waals surface area contributed by atoms with Crippen molar-refractivity contribution in [2.75, 3.05) is 13.2 Å². The van der Waals surface area contributed by atoms with Gasteiger partial charge in [0.15, 0.2) is 0 Å². The number of aliphatic hydroxyl groups excluding tert-OH is 2. The van der Waals surface area contributed by atoms with E-state index in [1.165, 1.54) is 218 Å². The van der Waals surface area contributed by atoms with Crippen molar-refractivity contribution >= 4 is 11.9 Å². The minimum atomic E-state index is -0.853. The lowest BCUT2D eigenvalue weighted by atomic mass is 10.0. The zero-order valence-electron chi connectivity index (χ0n) is 46.7. The van der Waals surface area contributed by atoms with Gasteiger partial charge in [-0.1, -0.05) is 268 Å². The number of allylic oxidation sites excluding steroid dienone is 7. The summed E-state index contributed by atoms with van der Waals surface area (Å²) >= 11 is 0. The van der Waals surface area contributed by atoms with E-state index in [2.05, 4.69) is 55.6 Å². The van der Waals surface area contributed by atoms with Gasteiger partial charge in [0.1, 0.15) is 0 Å². The highest BCUT2D eigenvalue weighted by Gasteiger charge is 2.18. The lowest BCUT2D eigenvalue weighted by Crippen LogP contribution is -2.45. The Balaban J connectivity index is 3.51. The third kappa shape index (κ3) is 55.1. The summed E-state index contributed by atoms with van der Waals surface area (Å²) in [7, 11) is 0. The molecule has 0 rings (SSSR count). The van der Waals surface area contributed by atoms with Gasteiger partial charge < -0.3 is 20.3 Å². The molecule has 0 radical (unpaired) electrons. The van der Waals surface area contributed by atoms with Crippen LogP contribution in [0.2, 0.25) is 0 Å². The largest absolute Gasteiger partial charge is 0.466 e. The third-order valence-electron chi connectivity index (χ3n) is 14.1. The minimum Gasteiger partial charge on any atom is -0.466 e. The first-order valence-electron chi connectivity index (χ1n) is 30.9. The number of hydrogen-bond donors (Lipinski definition) is 3. The lowest BCUT2D eigenvalue weighted by molar-refractivity contribution is -0.143. The Labute approximate surface area is 436 Å². The molecule has 0 spiro atoms. The summed E-state index contributed by atoms with van der Waals surface area (Å²) in [5.41, 5.74) is 0. The Kier molecular flexibility index (Phi) is 57.5. The average molecular weight is 983 g/mol. The van der Waals surface area contributed by atoms with Crippen molar-refractivity contribution < 1.29 is 24.5 Å². The van der Waals surface area contributed by atoms with Crippen molar-refractivity contribution in [3.8, 4) is 0 Å².